The van der Waals surface area contributed by atoms with E-state index >= 15 is 0 Å². The zero-order valence-electron chi connectivity index (χ0n) is 21.1. The van der Waals surface area contributed by atoms with E-state index in [0.29, 0.717) is 19.3 Å². The number of rotatable bonds is 5. The van der Waals surface area contributed by atoms with Crippen molar-refractivity contribution >= 4 is 28.8 Å². The summed E-state index contributed by atoms with van der Waals surface area (Å²) in [5, 5.41) is 9.49. The van der Waals surface area contributed by atoms with Crippen LogP contribution in [-0.2, 0) is 22.4 Å². The largest absolute Gasteiger partial charge is 0.497 e. The van der Waals surface area contributed by atoms with Crippen molar-refractivity contribution in [3.8, 4) is 5.75 Å². The number of benzene rings is 2. The smallest absolute Gasteiger partial charge is 0.414 e. The number of ether oxygens (including phenoxy) is 2. The van der Waals surface area contributed by atoms with Crippen LogP contribution in [0.1, 0.15) is 62.0 Å². The standard InChI is InChI=1S/C28H33N3O5/c1-17-4-13-22-23(30(17)28(34)36-3)14-15-24-26(22)29-25(16-18-5-11-21(35-2)12-6-18)31(24)20-9-7-19(8-10-20)27(32)33/h5-6,11-12,14-15,17,19-20H,4,7-10,13,16H2,1-3H3,(H,32,33)/t17-,19-,20-/m0/s1. The Morgan fingerprint density at radius 3 is 2.39 bits per heavy atom. The van der Waals surface area contributed by atoms with Crippen molar-refractivity contribution in [1.82, 2.24) is 9.55 Å². The van der Waals surface area contributed by atoms with E-state index in [4.69, 9.17) is 14.5 Å². The summed E-state index contributed by atoms with van der Waals surface area (Å²) >= 11 is 0. The number of amides is 1. The van der Waals surface area contributed by atoms with Crippen molar-refractivity contribution in [2.45, 2.75) is 64.0 Å². The van der Waals surface area contributed by atoms with E-state index in [-0.39, 0.29) is 24.1 Å². The van der Waals surface area contributed by atoms with Crippen molar-refractivity contribution in [3.63, 3.8) is 0 Å². The zero-order valence-corrected chi connectivity index (χ0v) is 21.1. The van der Waals surface area contributed by atoms with Crippen molar-refractivity contribution in [1.29, 1.82) is 0 Å². The van der Waals surface area contributed by atoms with Gasteiger partial charge in [0.15, 0.2) is 0 Å². The number of methoxy groups -OCH3 is 2. The van der Waals surface area contributed by atoms with Gasteiger partial charge in [0, 0.05) is 24.1 Å². The van der Waals surface area contributed by atoms with Gasteiger partial charge in [-0.25, -0.2) is 9.78 Å². The predicted octanol–water partition coefficient (Wildman–Crippen LogP) is 5.36. The molecule has 1 aliphatic carbocycles. The van der Waals surface area contributed by atoms with Gasteiger partial charge in [0.05, 0.1) is 36.9 Å². The lowest BCUT2D eigenvalue weighted by Crippen LogP contribution is -2.42. The second-order valence-corrected chi connectivity index (χ2v) is 9.93. The van der Waals surface area contributed by atoms with Crippen LogP contribution in [0.25, 0.3) is 11.0 Å². The number of hydrogen-bond donors (Lipinski definition) is 1. The minimum Gasteiger partial charge on any atom is -0.497 e. The summed E-state index contributed by atoms with van der Waals surface area (Å²) in [5.41, 5.74) is 5.05. The molecule has 5 rings (SSSR count). The fourth-order valence-corrected chi connectivity index (χ4v) is 5.86. The van der Waals surface area contributed by atoms with Crippen LogP contribution in [0.5, 0.6) is 5.75 Å². The number of carbonyl (C=O) groups excluding carboxylic acids is 1. The molecule has 0 saturated heterocycles. The summed E-state index contributed by atoms with van der Waals surface area (Å²) < 4.78 is 12.7. The summed E-state index contributed by atoms with van der Waals surface area (Å²) in [4.78, 5) is 31.0. The number of carbonyl (C=O) groups is 2. The Hall–Kier alpha value is -3.55. The summed E-state index contributed by atoms with van der Waals surface area (Å²) in [7, 11) is 3.07. The van der Waals surface area contributed by atoms with Crippen LogP contribution in [-0.4, -0.2) is 47.0 Å². The fourth-order valence-electron chi connectivity index (χ4n) is 5.86. The van der Waals surface area contributed by atoms with E-state index < -0.39 is 5.97 Å². The molecule has 1 aliphatic heterocycles. The van der Waals surface area contributed by atoms with E-state index in [1.165, 1.54) is 7.11 Å². The highest BCUT2D eigenvalue weighted by molar-refractivity contribution is 5.95. The number of carboxylic acids is 1. The first-order valence-corrected chi connectivity index (χ1v) is 12.7. The zero-order chi connectivity index (χ0) is 25.4. The molecule has 8 nitrogen and oxygen atoms in total. The first kappa shape index (κ1) is 24.2. The number of fused-ring (bicyclic) bond motifs is 3. The van der Waals surface area contributed by atoms with Gasteiger partial charge in [-0.05, 0) is 75.3 Å². The van der Waals surface area contributed by atoms with Crippen LogP contribution in [0.15, 0.2) is 36.4 Å². The van der Waals surface area contributed by atoms with Crippen molar-refractivity contribution < 1.29 is 24.2 Å². The SMILES string of the molecule is COC(=O)N1c2ccc3c(nc(Cc4ccc(OC)cc4)n3[C@H]3CC[C@H](C(=O)O)CC3)c2CC[C@@H]1C. The number of anilines is 1. The van der Waals surface area contributed by atoms with E-state index in [1.807, 2.05) is 25.1 Å². The third-order valence-electron chi connectivity index (χ3n) is 7.83. The van der Waals surface area contributed by atoms with Gasteiger partial charge >= 0.3 is 12.1 Å². The lowest BCUT2D eigenvalue weighted by Gasteiger charge is -2.34. The van der Waals surface area contributed by atoms with Crippen LogP contribution in [0.4, 0.5) is 10.5 Å². The first-order valence-electron chi connectivity index (χ1n) is 12.7. The van der Waals surface area contributed by atoms with Gasteiger partial charge < -0.3 is 19.1 Å². The van der Waals surface area contributed by atoms with Gasteiger partial charge in [-0.3, -0.25) is 9.69 Å². The fraction of sp³-hybridized carbons (Fsp3) is 0.464. The average molecular weight is 492 g/mol. The first-order chi connectivity index (χ1) is 17.4. The highest BCUT2D eigenvalue weighted by atomic mass is 16.5. The van der Waals surface area contributed by atoms with E-state index in [9.17, 15) is 14.7 Å². The number of aryl methyl sites for hydroxylation is 1. The molecule has 2 heterocycles. The molecule has 1 atom stereocenters. The molecule has 36 heavy (non-hydrogen) atoms. The summed E-state index contributed by atoms with van der Waals surface area (Å²) in [6.07, 6.45) is 4.93. The van der Waals surface area contributed by atoms with E-state index in [1.54, 1.807) is 12.0 Å². The van der Waals surface area contributed by atoms with Crippen molar-refractivity contribution in [2.75, 3.05) is 19.1 Å². The van der Waals surface area contributed by atoms with Gasteiger partial charge in [-0.15, -0.1) is 0 Å². The van der Waals surface area contributed by atoms with Crippen molar-refractivity contribution in [3.05, 3.63) is 53.3 Å². The third-order valence-corrected chi connectivity index (χ3v) is 7.83. The van der Waals surface area contributed by atoms with E-state index in [0.717, 1.165) is 65.1 Å². The van der Waals surface area contributed by atoms with E-state index in [2.05, 4.69) is 22.8 Å². The predicted molar refractivity (Wildman–Crippen MR) is 137 cm³/mol. The Labute approximate surface area is 210 Å². The number of hydrogen-bond acceptors (Lipinski definition) is 5. The summed E-state index contributed by atoms with van der Waals surface area (Å²) in [6, 6.07) is 12.3. The monoisotopic (exact) mass is 491 g/mol. The van der Waals surface area contributed by atoms with Crippen LogP contribution in [0.3, 0.4) is 0 Å². The molecule has 1 aromatic heterocycles. The molecule has 0 spiro atoms. The van der Waals surface area contributed by atoms with Crippen LogP contribution >= 0.6 is 0 Å². The molecule has 0 radical (unpaired) electrons. The number of nitrogens with zero attached hydrogens (tertiary/aromatic N) is 3. The number of carboxylic acid groups (broad SMARTS) is 1. The van der Waals surface area contributed by atoms with Crippen LogP contribution in [0, 0.1) is 5.92 Å². The minimum atomic E-state index is -0.700. The summed E-state index contributed by atoms with van der Waals surface area (Å²) in [6.45, 7) is 2.04. The number of imidazole rings is 1. The van der Waals surface area contributed by atoms with Crippen LogP contribution < -0.4 is 9.64 Å². The van der Waals surface area contributed by atoms with Gasteiger partial charge in [-0.2, -0.15) is 0 Å². The molecule has 2 aliphatic rings. The Balaban J connectivity index is 1.60. The normalized spacial score (nSPS) is 21.8. The lowest BCUT2D eigenvalue weighted by atomic mass is 9.85. The van der Waals surface area contributed by atoms with Gasteiger partial charge in [0.1, 0.15) is 11.6 Å². The van der Waals surface area contributed by atoms with Gasteiger partial charge in [0.25, 0.3) is 0 Å². The quantitative estimate of drug-likeness (QED) is 0.516. The molecule has 1 fully saturated rings. The Kier molecular flexibility index (Phi) is 6.60. The molecule has 3 aromatic rings. The molecule has 0 bridgehead atoms. The summed E-state index contributed by atoms with van der Waals surface area (Å²) in [5.74, 6) is 0.799. The van der Waals surface area contributed by atoms with Gasteiger partial charge in [0.2, 0.25) is 0 Å². The molecule has 1 N–H and O–H groups in total. The number of aromatic nitrogens is 2. The Bertz CT molecular complexity index is 1270. The average Bonchev–Trinajstić information content (AvgIpc) is 3.26. The maximum Gasteiger partial charge on any atom is 0.414 e. The van der Waals surface area contributed by atoms with Crippen molar-refractivity contribution in [2.24, 2.45) is 5.92 Å². The molecule has 0 unspecified atom stereocenters. The highest BCUT2D eigenvalue weighted by Gasteiger charge is 2.33. The Morgan fingerprint density at radius 2 is 1.75 bits per heavy atom. The maximum absolute atomic E-state index is 12.6. The molecule has 190 valence electrons. The maximum atomic E-state index is 12.6. The Morgan fingerprint density at radius 1 is 1.03 bits per heavy atom. The minimum absolute atomic E-state index is 0.0505. The molecule has 1 amide bonds. The molecule has 8 heteroatoms. The molecular weight excluding hydrogens is 458 g/mol. The molecule has 2 aromatic carbocycles. The number of aliphatic carboxylic acids is 1. The van der Waals surface area contributed by atoms with Gasteiger partial charge in [-0.1, -0.05) is 12.1 Å². The topological polar surface area (TPSA) is 93.9 Å². The second kappa shape index (κ2) is 9.84. The molecular formula is C28H33N3O5. The van der Waals surface area contributed by atoms with Crippen LogP contribution in [0.2, 0.25) is 0 Å². The second-order valence-electron chi connectivity index (χ2n) is 9.93. The lowest BCUT2D eigenvalue weighted by molar-refractivity contribution is -0.143. The third kappa shape index (κ3) is 4.29. The molecule has 1 saturated carbocycles. The highest BCUT2D eigenvalue weighted by Crippen LogP contribution is 2.40.